The van der Waals surface area contributed by atoms with Crippen molar-refractivity contribution in [1.82, 2.24) is 0 Å². The number of phenols is 1. The second-order valence-electron chi connectivity index (χ2n) is 12.5. The average Bonchev–Trinajstić information content (AvgIpc) is 3.44. The minimum absolute atomic E-state index is 0.0204. The van der Waals surface area contributed by atoms with Crippen molar-refractivity contribution in [3.8, 4) is 11.5 Å². The van der Waals surface area contributed by atoms with Crippen LogP contribution in [0.1, 0.15) is 34.7 Å². The number of imide groups is 2. The molecule has 6 atom stereocenters. The molecule has 2 aliphatic carbocycles. The average molecular weight is 751 g/mol. The number of carboxylic acid groups (broad SMARTS) is 1. The van der Waals surface area contributed by atoms with Crippen molar-refractivity contribution in [2.75, 3.05) is 16.9 Å². The molecule has 2 N–H and O–H groups in total. The second kappa shape index (κ2) is 11.5. The summed E-state index contributed by atoms with van der Waals surface area (Å²) in [5.74, 6) is -24.4. The molecule has 1 saturated carbocycles. The van der Waals surface area contributed by atoms with Crippen LogP contribution >= 0.6 is 23.2 Å². The van der Waals surface area contributed by atoms with E-state index in [4.69, 9.17) is 27.9 Å². The summed E-state index contributed by atoms with van der Waals surface area (Å²) >= 11 is 14.2. The lowest BCUT2D eigenvalue weighted by Crippen LogP contribution is -2.60. The number of hydrogen-bond donors (Lipinski definition) is 2. The van der Waals surface area contributed by atoms with Gasteiger partial charge in [-0.05, 0) is 43.0 Å². The number of rotatable bonds is 5. The molecule has 264 valence electrons. The Morgan fingerprint density at radius 2 is 1.51 bits per heavy atom. The van der Waals surface area contributed by atoms with Crippen molar-refractivity contribution in [3.05, 3.63) is 94.3 Å². The molecule has 2 heterocycles. The van der Waals surface area contributed by atoms with Gasteiger partial charge in [0.2, 0.25) is 17.6 Å². The minimum Gasteiger partial charge on any atom is -0.508 e. The minimum atomic E-state index is -2.79. The van der Waals surface area contributed by atoms with Crippen LogP contribution in [0.2, 0.25) is 0 Å². The number of methoxy groups -OCH3 is 1. The third-order valence-electron chi connectivity index (χ3n) is 10.1. The Labute approximate surface area is 293 Å². The predicted molar refractivity (Wildman–Crippen MR) is 167 cm³/mol. The van der Waals surface area contributed by atoms with E-state index in [1.54, 1.807) is 0 Å². The molecule has 10 nitrogen and oxygen atoms in total. The maximum absolute atomic E-state index is 15.2. The first-order chi connectivity index (χ1) is 24.0. The summed E-state index contributed by atoms with van der Waals surface area (Å²) in [5, 5.41) is 19.7. The van der Waals surface area contributed by atoms with Crippen molar-refractivity contribution in [2.24, 2.45) is 17.8 Å². The highest BCUT2D eigenvalue weighted by Crippen LogP contribution is 2.67. The van der Waals surface area contributed by atoms with E-state index in [-0.39, 0.29) is 45.2 Å². The van der Waals surface area contributed by atoms with E-state index < -0.39 is 104 Å². The Morgan fingerprint density at radius 1 is 0.863 bits per heavy atom. The van der Waals surface area contributed by atoms with E-state index in [0.717, 1.165) is 23.1 Å². The van der Waals surface area contributed by atoms with Crippen molar-refractivity contribution < 1.29 is 60.9 Å². The number of alkyl halides is 2. The molecule has 3 aromatic rings. The molecule has 4 aliphatic rings. The Kier molecular flexibility index (Phi) is 7.76. The van der Waals surface area contributed by atoms with E-state index in [0.29, 0.717) is 0 Å². The standard InChI is InChI=1S/C34H21Cl2F5N2O8/c1-51-19-10-14(44)5-6-16(19)21-15-7-8-17-20(29(46)42(28(17)45)13-4-2-3-12(9-13)30(47)48)18(15)11-33(35)31(49)43(32(50)34(21,33)36)27-25(40)23(38)22(37)24(39)26(27)41/h2-7,9-10,17-18,20-21,44H,8,11H2,1H3,(H,47,48). The number of nitrogens with zero attached hydrogens (tertiary/aromatic N) is 2. The SMILES string of the molecule is COc1cc(O)ccc1C1C2=CCC3C(=O)N(c4cccc(C(=O)O)c4)C(=O)C3C2CC2(Cl)C(=O)N(c3c(F)c(F)c(F)c(F)c3F)C(=O)C12Cl. The number of anilines is 2. The summed E-state index contributed by atoms with van der Waals surface area (Å²) in [7, 11) is 1.18. The molecule has 7 rings (SSSR count). The van der Waals surface area contributed by atoms with Crippen LogP contribution in [-0.2, 0) is 19.2 Å². The number of carbonyl (C=O) groups is 5. The van der Waals surface area contributed by atoms with Gasteiger partial charge in [-0.1, -0.05) is 23.8 Å². The van der Waals surface area contributed by atoms with Gasteiger partial charge in [0.15, 0.2) is 33.0 Å². The first-order valence-corrected chi connectivity index (χ1v) is 15.8. The maximum atomic E-state index is 15.2. The third-order valence-corrected chi connectivity index (χ3v) is 11.5. The zero-order chi connectivity index (χ0) is 37.1. The van der Waals surface area contributed by atoms with Crippen molar-refractivity contribution >= 4 is 64.2 Å². The fourth-order valence-electron chi connectivity index (χ4n) is 7.88. The third kappa shape index (κ3) is 4.43. The molecule has 6 unspecified atom stereocenters. The van der Waals surface area contributed by atoms with Gasteiger partial charge in [-0.15, -0.1) is 23.2 Å². The fraction of sp³-hybridized carbons (Fsp3) is 0.265. The van der Waals surface area contributed by atoms with E-state index in [1.165, 1.54) is 37.5 Å². The second-order valence-corrected chi connectivity index (χ2v) is 13.7. The van der Waals surface area contributed by atoms with Gasteiger partial charge in [-0.2, -0.15) is 0 Å². The number of ether oxygens (including phenoxy) is 1. The van der Waals surface area contributed by atoms with Crippen molar-refractivity contribution in [1.29, 1.82) is 0 Å². The molecular weight excluding hydrogens is 730 g/mol. The highest BCUT2D eigenvalue weighted by atomic mass is 35.5. The number of aromatic hydroxyl groups is 1. The number of carboxylic acids is 1. The van der Waals surface area contributed by atoms with E-state index >= 15 is 8.78 Å². The van der Waals surface area contributed by atoms with Crippen LogP contribution in [-0.4, -0.2) is 56.7 Å². The van der Waals surface area contributed by atoms with Gasteiger partial charge in [-0.3, -0.25) is 24.1 Å². The van der Waals surface area contributed by atoms with Gasteiger partial charge in [0.25, 0.3) is 11.8 Å². The molecule has 3 fully saturated rings. The molecule has 0 spiro atoms. The summed E-state index contributed by atoms with van der Waals surface area (Å²) in [6.45, 7) is 0. The largest absolute Gasteiger partial charge is 0.508 e. The maximum Gasteiger partial charge on any atom is 0.335 e. The summed E-state index contributed by atoms with van der Waals surface area (Å²) in [4.78, 5) is 63.3. The van der Waals surface area contributed by atoms with Crippen molar-refractivity contribution in [3.63, 3.8) is 0 Å². The monoisotopic (exact) mass is 750 g/mol. The first-order valence-electron chi connectivity index (χ1n) is 15.1. The Hall–Kier alpha value is -5.02. The summed E-state index contributed by atoms with van der Waals surface area (Å²) < 4.78 is 78.8. The van der Waals surface area contributed by atoms with E-state index in [2.05, 4.69) is 0 Å². The van der Waals surface area contributed by atoms with E-state index in [9.17, 15) is 47.4 Å². The van der Waals surface area contributed by atoms with E-state index in [1.807, 2.05) is 0 Å². The number of hydrogen-bond acceptors (Lipinski definition) is 7. The highest BCUT2D eigenvalue weighted by molar-refractivity contribution is 6.58. The molecule has 2 aliphatic heterocycles. The number of fused-ring (bicyclic) bond motifs is 4. The van der Waals surface area contributed by atoms with Gasteiger partial charge < -0.3 is 14.9 Å². The summed E-state index contributed by atoms with van der Waals surface area (Å²) in [6.07, 6.45) is 0.615. The number of phenolic OH excluding ortho intramolecular Hbond substituents is 1. The lowest BCUT2D eigenvalue weighted by Gasteiger charge is -2.50. The molecule has 0 aromatic heterocycles. The van der Waals surface area contributed by atoms with Gasteiger partial charge in [0.05, 0.1) is 30.2 Å². The number of halogens is 7. The molecule has 4 amide bonds. The zero-order valence-electron chi connectivity index (χ0n) is 25.7. The predicted octanol–water partition coefficient (Wildman–Crippen LogP) is 5.56. The van der Waals surface area contributed by atoms with Gasteiger partial charge in [0.1, 0.15) is 17.2 Å². The molecule has 2 saturated heterocycles. The van der Waals surface area contributed by atoms with Crippen LogP contribution in [0.4, 0.5) is 33.3 Å². The first kappa shape index (κ1) is 34.4. The molecule has 17 heteroatoms. The van der Waals surface area contributed by atoms with Crippen LogP contribution in [0.3, 0.4) is 0 Å². The Balaban J connectivity index is 1.44. The van der Waals surface area contributed by atoms with Crippen molar-refractivity contribution in [2.45, 2.75) is 28.5 Å². The summed E-state index contributed by atoms with van der Waals surface area (Å²) in [5.41, 5.74) is -2.07. The van der Waals surface area contributed by atoms with Gasteiger partial charge in [-0.25, -0.2) is 31.6 Å². The lowest BCUT2D eigenvalue weighted by molar-refractivity contribution is -0.125. The quantitative estimate of drug-likeness (QED) is 0.0863. The van der Waals surface area contributed by atoms with Crippen LogP contribution in [0.15, 0.2) is 54.1 Å². The molecule has 0 radical (unpaired) electrons. The Bertz CT molecular complexity index is 2150. The smallest absolute Gasteiger partial charge is 0.335 e. The number of allylic oxidation sites excluding steroid dienone is 2. The topological polar surface area (TPSA) is 142 Å². The molecule has 51 heavy (non-hydrogen) atoms. The zero-order valence-corrected chi connectivity index (χ0v) is 27.2. The molecule has 0 bridgehead atoms. The van der Waals surface area contributed by atoms with Crippen LogP contribution in [0.25, 0.3) is 0 Å². The molecular formula is C34H21Cl2F5N2O8. The van der Waals surface area contributed by atoms with Crippen LogP contribution < -0.4 is 14.5 Å². The Morgan fingerprint density at radius 3 is 2.14 bits per heavy atom. The number of amides is 4. The number of carbonyl (C=O) groups excluding carboxylic acids is 4. The fourth-order valence-corrected chi connectivity index (χ4v) is 8.81. The molecule has 3 aromatic carbocycles. The lowest BCUT2D eigenvalue weighted by atomic mass is 9.56. The van der Waals surface area contributed by atoms with Crippen LogP contribution in [0.5, 0.6) is 11.5 Å². The number of benzene rings is 3. The number of aromatic carboxylic acids is 1. The van der Waals surface area contributed by atoms with Crippen LogP contribution in [0, 0.1) is 46.8 Å². The van der Waals surface area contributed by atoms with Gasteiger partial charge >= 0.3 is 5.97 Å². The summed E-state index contributed by atoms with van der Waals surface area (Å²) in [6, 6.07) is 8.55. The van der Waals surface area contributed by atoms with Gasteiger partial charge in [0, 0.05) is 17.5 Å². The highest BCUT2D eigenvalue weighted by Gasteiger charge is 2.77. The normalized spacial score (nSPS) is 28.4.